The van der Waals surface area contributed by atoms with Gasteiger partial charge in [-0.3, -0.25) is 0 Å². The molecule has 0 aliphatic carbocycles. The minimum atomic E-state index is -0.520. The zero-order valence-corrected chi connectivity index (χ0v) is 38.9. The Hall–Kier alpha value is -6.66. The molecule has 10 rings (SSSR count). The van der Waals surface area contributed by atoms with Crippen LogP contribution in [0.2, 0.25) is 0 Å². The van der Waals surface area contributed by atoms with Crippen LogP contribution in [-0.4, -0.2) is 88.1 Å². The molecule has 2 fully saturated rings. The van der Waals surface area contributed by atoms with Gasteiger partial charge < -0.3 is 29.9 Å². The van der Waals surface area contributed by atoms with E-state index in [1.54, 1.807) is 34.3 Å². The van der Waals surface area contributed by atoms with Crippen LogP contribution >= 0.6 is 23.1 Å². The average molecular weight is 931 g/mol. The maximum atomic E-state index is 15.0. The fourth-order valence-electron chi connectivity index (χ4n) is 8.16. The third-order valence-corrected chi connectivity index (χ3v) is 13.0. The van der Waals surface area contributed by atoms with Crippen LogP contribution in [-0.2, 0) is 9.47 Å². The van der Waals surface area contributed by atoms with Crippen LogP contribution in [0.1, 0.15) is 77.3 Å². The number of ether oxygens (including phenoxy) is 2. The summed E-state index contributed by atoms with van der Waals surface area (Å²) in [5, 5.41) is 9.42. The number of hydrogen-bond acceptors (Lipinski definition) is 14. The van der Waals surface area contributed by atoms with Gasteiger partial charge >= 0.3 is 12.2 Å². The highest BCUT2D eigenvalue weighted by Gasteiger charge is 2.32. The second-order valence-electron chi connectivity index (χ2n) is 18.4. The van der Waals surface area contributed by atoms with Gasteiger partial charge in [0.25, 0.3) is 0 Å². The normalized spacial score (nSPS) is 16.5. The molecule has 0 bridgehead atoms. The molecule has 18 heteroatoms. The molecule has 2 atom stereocenters. The number of hydrogen-bond donors (Lipinski definition) is 2. The Labute approximate surface area is 387 Å². The molecule has 8 aromatic rings. The Morgan fingerprint density at radius 1 is 0.621 bits per heavy atom. The van der Waals surface area contributed by atoms with E-state index in [0.29, 0.717) is 58.6 Å². The van der Waals surface area contributed by atoms with E-state index in [-0.39, 0.29) is 35.7 Å². The van der Waals surface area contributed by atoms with Crippen molar-refractivity contribution in [2.45, 2.75) is 77.4 Å². The summed E-state index contributed by atoms with van der Waals surface area (Å²) < 4.78 is 50.1. The molecule has 4 aromatic heterocycles. The minimum absolute atomic E-state index is 0.181. The van der Waals surface area contributed by atoms with Gasteiger partial charge in [0.05, 0.1) is 31.8 Å². The summed E-state index contributed by atoms with van der Waals surface area (Å²) in [6, 6.07) is 19.1. The van der Waals surface area contributed by atoms with Gasteiger partial charge in [-0.25, -0.2) is 38.3 Å². The quantitative estimate of drug-likeness (QED) is 0.163. The molecule has 14 nitrogen and oxygen atoms in total. The Morgan fingerprint density at radius 2 is 1.05 bits per heavy atom. The second-order valence-corrected chi connectivity index (χ2v) is 20.0. The number of halogens is 2. The smallest absolute Gasteiger partial charge is 0.410 e. The van der Waals surface area contributed by atoms with E-state index < -0.39 is 11.2 Å². The van der Waals surface area contributed by atoms with Crippen LogP contribution in [0.4, 0.5) is 41.4 Å². The van der Waals surface area contributed by atoms with Crippen molar-refractivity contribution in [1.29, 1.82) is 0 Å². The Morgan fingerprint density at radius 3 is 1.45 bits per heavy atom. The van der Waals surface area contributed by atoms with Crippen LogP contribution in [0, 0.1) is 11.6 Å². The maximum Gasteiger partial charge on any atom is 0.410 e. The predicted octanol–water partition coefficient (Wildman–Crippen LogP) is 11.7. The molecular formula is C48H48F2N10O4S2. The van der Waals surface area contributed by atoms with Crippen molar-refractivity contribution in [3.63, 3.8) is 0 Å². The number of nitrogens with one attached hydrogen (secondary N) is 2. The molecule has 66 heavy (non-hydrogen) atoms. The number of aromatic nitrogens is 6. The molecule has 2 aliphatic rings. The fourth-order valence-corrected chi connectivity index (χ4v) is 9.53. The molecule has 2 amide bonds. The highest BCUT2D eigenvalue weighted by molar-refractivity contribution is 7.13. The predicted molar refractivity (Wildman–Crippen MR) is 255 cm³/mol. The number of carbonyl (C=O) groups excluding carboxylic acids is 2. The van der Waals surface area contributed by atoms with Crippen molar-refractivity contribution in [2.75, 3.05) is 36.8 Å². The van der Waals surface area contributed by atoms with Gasteiger partial charge in [-0.15, -0.1) is 0 Å². The van der Waals surface area contributed by atoms with E-state index in [1.807, 2.05) is 90.1 Å². The van der Waals surface area contributed by atoms with Crippen LogP contribution in [0.5, 0.6) is 0 Å². The molecule has 6 heterocycles. The molecule has 2 aliphatic heterocycles. The summed E-state index contributed by atoms with van der Waals surface area (Å²) in [5.41, 5.74) is 3.34. The lowest BCUT2D eigenvalue weighted by Crippen LogP contribution is -2.35. The summed E-state index contributed by atoms with van der Waals surface area (Å²) in [6.07, 6.45) is 7.36. The Balaban J connectivity index is 0.000000166. The highest BCUT2D eigenvalue weighted by atomic mass is 32.1. The lowest BCUT2D eigenvalue weighted by atomic mass is 9.97. The molecule has 1 unspecified atom stereocenters. The van der Waals surface area contributed by atoms with Crippen molar-refractivity contribution in [3.8, 4) is 0 Å². The number of benzene rings is 4. The summed E-state index contributed by atoms with van der Waals surface area (Å²) >= 11 is 2.25. The summed E-state index contributed by atoms with van der Waals surface area (Å²) in [6.45, 7) is 13.7. The lowest BCUT2D eigenvalue weighted by Gasteiger charge is -2.24. The number of carbonyl (C=O) groups is 2. The molecule has 2 saturated heterocycles. The Kier molecular flexibility index (Phi) is 12.1. The van der Waals surface area contributed by atoms with Gasteiger partial charge in [0, 0.05) is 72.0 Å². The van der Waals surface area contributed by atoms with Crippen LogP contribution in [0.15, 0.2) is 85.7 Å². The van der Waals surface area contributed by atoms with Crippen LogP contribution in [0.25, 0.3) is 42.0 Å². The largest absolute Gasteiger partial charge is 0.444 e. The average Bonchev–Trinajstić information content (AvgIpc) is 4.12. The number of anilines is 4. The van der Waals surface area contributed by atoms with E-state index >= 15 is 0 Å². The van der Waals surface area contributed by atoms with Crippen molar-refractivity contribution in [3.05, 3.63) is 108 Å². The summed E-state index contributed by atoms with van der Waals surface area (Å²) in [4.78, 5) is 45.9. The van der Waals surface area contributed by atoms with Crippen molar-refractivity contribution in [1.82, 2.24) is 38.5 Å². The minimum Gasteiger partial charge on any atom is -0.444 e. The van der Waals surface area contributed by atoms with Gasteiger partial charge in [0.2, 0.25) is 0 Å². The molecule has 0 spiro atoms. The second kappa shape index (κ2) is 18.0. The first kappa shape index (κ1) is 44.5. The number of rotatable bonds is 6. The molecule has 4 aromatic carbocycles. The van der Waals surface area contributed by atoms with Crippen LogP contribution in [0.3, 0.4) is 0 Å². The Bertz CT molecular complexity index is 2910. The van der Waals surface area contributed by atoms with Crippen LogP contribution < -0.4 is 10.6 Å². The maximum absolute atomic E-state index is 15.0. The van der Waals surface area contributed by atoms with Crippen molar-refractivity contribution < 1.29 is 27.8 Å². The van der Waals surface area contributed by atoms with Gasteiger partial charge in [-0.2, -0.15) is 8.75 Å². The van der Waals surface area contributed by atoms with E-state index in [2.05, 4.69) is 39.3 Å². The number of fused-ring (bicyclic) bond motifs is 4. The topological polar surface area (TPSA) is 160 Å². The van der Waals surface area contributed by atoms with E-state index in [1.165, 1.54) is 12.7 Å². The third-order valence-electron chi connectivity index (χ3n) is 11.4. The van der Waals surface area contributed by atoms with Crippen molar-refractivity contribution in [2.24, 2.45) is 0 Å². The molecule has 2 N–H and O–H groups in total. The van der Waals surface area contributed by atoms with Gasteiger partial charge in [0.15, 0.2) is 11.6 Å². The van der Waals surface area contributed by atoms with E-state index in [0.717, 1.165) is 79.6 Å². The number of likely N-dealkylation sites (tertiary alicyclic amines) is 2. The standard InChI is InChI=1S/2C24H24FN5O2S/c2*1-24(2,3)32-23(31)30-9-8-16(12-30)14-4-6-18-17(10-14)22(27-13-26-18)29-19-7-5-15-11-28-33-21(15)20(19)25/h2*4-7,10-11,13,16H,8-9,12H2,1-3H3,(H,26,27,29)/t16-;/m0./s1. The molecular weight excluding hydrogens is 883 g/mol. The number of nitrogens with zero attached hydrogens (tertiary/aromatic N) is 8. The summed E-state index contributed by atoms with van der Waals surface area (Å²) in [7, 11) is 0. The van der Waals surface area contributed by atoms with E-state index in [9.17, 15) is 18.4 Å². The first-order chi connectivity index (χ1) is 31.6. The highest BCUT2D eigenvalue weighted by Crippen LogP contribution is 2.36. The third kappa shape index (κ3) is 9.65. The zero-order valence-electron chi connectivity index (χ0n) is 37.3. The summed E-state index contributed by atoms with van der Waals surface area (Å²) in [5.74, 6) is 0.738. The molecule has 0 saturated carbocycles. The zero-order chi connectivity index (χ0) is 46.3. The monoisotopic (exact) mass is 930 g/mol. The van der Waals surface area contributed by atoms with E-state index in [4.69, 9.17) is 9.47 Å². The fraction of sp³-hybridized carbons (Fsp3) is 0.333. The molecule has 0 radical (unpaired) electrons. The van der Waals surface area contributed by atoms with Gasteiger partial charge in [-0.1, -0.05) is 12.1 Å². The SMILES string of the molecule is CC(C)(C)OC(=O)N1CCC(c2ccc3ncnc(Nc4ccc5cnsc5c4F)c3c2)C1.CC(C)(C)OC(=O)N1CC[C@H](c2ccc3ncnc(Nc4ccc5cnsc5c4F)c3c2)C1. The number of amides is 2. The first-order valence-electron chi connectivity index (χ1n) is 21.6. The first-order valence-corrected chi connectivity index (χ1v) is 23.2. The van der Waals surface area contributed by atoms with Crippen molar-refractivity contribution >= 4 is 100 Å². The van der Waals surface area contributed by atoms with Gasteiger partial charge in [0.1, 0.15) is 35.5 Å². The molecule has 340 valence electrons. The lowest BCUT2D eigenvalue weighted by molar-refractivity contribution is 0.0282. The van der Waals surface area contributed by atoms with Gasteiger partial charge in [-0.05, 0) is 137 Å².